The Kier molecular flexibility index (Phi) is 5.35. The molecule has 4 heteroatoms. The van der Waals surface area contributed by atoms with Crippen LogP contribution in [-0.2, 0) is 7.05 Å². The zero-order chi connectivity index (χ0) is 12.1. The van der Waals surface area contributed by atoms with Crippen LogP contribution < -0.4 is 5.32 Å². The second-order valence-corrected chi connectivity index (χ2v) is 5.54. The first-order valence-corrected chi connectivity index (χ1v) is 6.87. The van der Waals surface area contributed by atoms with Gasteiger partial charge in [0.1, 0.15) is 0 Å². The molecule has 0 radical (unpaired) electrons. The Balaban J connectivity index is 2.62. The van der Waals surface area contributed by atoms with Gasteiger partial charge in [-0.3, -0.25) is 4.68 Å². The third-order valence-corrected chi connectivity index (χ3v) is 4.06. The predicted molar refractivity (Wildman–Crippen MR) is 71.0 cm³/mol. The van der Waals surface area contributed by atoms with E-state index in [-0.39, 0.29) is 0 Å². The topological polar surface area (TPSA) is 29.9 Å². The molecule has 0 fully saturated rings. The van der Waals surface area contributed by atoms with Crippen LogP contribution in [0.5, 0.6) is 0 Å². The zero-order valence-corrected chi connectivity index (χ0v) is 11.8. The second kappa shape index (κ2) is 6.30. The third-order valence-electron chi connectivity index (χ3n) is 2.74. The molecule has 0 aliphatic carbocycles. The van der Waals surface area contributed by atoms with Crippen molar-refractivity contribution in [2.75, 3.05) is 6.54 Å². The first-order valence-electron chi connectivity index (χ1n) is 5.99. The number of hydrogen-bond donors (Lipinski definition) is 1. The summed E-state index contributed by atoms with van der Waals surface area (Å²) in [6.07, 6.45) is 1.17. The molecule has 1 N–H and O–H groups in total. The van der Waals surface area contributed by atoms with Crippen LogP contribution in [0, 0.1) is 6.92 Å². The van der Waals surface area contributed by atoms with Gasteiger partial charge in [0.2, 0.25) is 0 Å². The summed E-state index contributed by atoms with van der Waals surface area (Å²) in [7, 11) is 2.01. The van der Waals surface area contributed by atoms with Gasteiger partial charge in [-0.1, -0.05) is 20.8 Å². The number of aryl methyl sites for hydroxylation is 2. The number of nitrogens with one attached hydrogen (secondary N) is 1. The zero-order valence-electron chi connectivity index (χ0n) is 10.9. The fraction of sp³-hybridized carbons (Fsp3) is 0.750. The number of nitrogens with zero attached hydrogens (tertiary/aromatic N) is 2. The molecule has 0 aromatic carbocycles. The Morgan fingerprint density at radius 1 is 1.50 bits per heavy atom. The molecule has 2 unspecified atom stereocenters. The monoisotopic (exact) mass is 241 g/mol. The molecule has 1 aromatic rings. The standard InChI is InChI=1S/C12H23N3S/c1-6-11(13-7-2)10(4)16-12-8-9(3)14-15(12)5/h8,10-11,13H,6-7H2,1-5H3. The number of aromatic nitrogens is 2. The molecule has 0 aliphatic heterocycles. The molecule has 1 heterocycles. The van der Waals surface area contributed by atoms with Crippen LogP contribution in [0.4, 0.5) is 0 Å². The molecule has 2 atom stereocenters. The van der Waals surface area contributed by atoms with Crippen LogP contribution in [0.15, 0.2) is 11.1 Å². The smallest absolute Gasteiger partial charge is 0.0942 e. The Morgan fingerprint density at radius 3 is 2.62 bits per heavy atom. The van der Waals surface area contributed by atoms with E-state index in [4.69, 9.17) is 0 Å². The highest BCUT2D eigenvalue weighted by atomic mass is 32.2. The van der Waals surface area contributed by atoms with E-state index in [1.165, 1.54) is 11.4 Å². The molecule has 0 spiro atoms. The lowest BCUT2D eigenvalue weighted by atomic mass is 10.2. The SMILES string of the molecule is CCNC(CC)C(C)Sc1cc(C)nn1C. The van der Waals surface area contributed by atoms with E-state index in [0.29, 0.717) is 11.3 Å². The van der Waals surface area contributed by atoms with E-state index < -0.39 is 0 Å². The van der Waals surface area contributed by atoms with Crippen molar-refractivity contribution in [1.29, 1.82) is 0 Å². The summed E-state index contributed by atoms with van der Waals surface area (Å²) in [5.41, 5.74) is 1.09. The Labute approximate surface area is 103 Å². The lowest BCUT2D eigenvalue weighted by Gasteiger charge is -2.22. The first kappa shape index (κ1) is 13.6. The van der Waals surface area contributed by atoms with Crippen LogP contribution >= 0.6 is 11.8 Å². The molecule has 1 aromatic heterocycles. The first-order chi connectivity index (χ1) is 7.58. The fourth-order valence-corrected chi connectivity index (χ4v) is 3.14. The van der Waals surface area contributed by atoms with Crippen molar-refractivity contribution in [3.05, 3.63) is 11.8 Å². The number of hydrogen-bond acceptors (Lipinski definition) is 3. The normalized spacial score (nSPS) is 15.1. The molecule has 16 heavy (non-hydrogen) atoms. The maximum atomic E-state index is 4.37. The fourth-order valence-electron chi connectivity index (χ4n) is 1.87. The van der Waals surface area contributed by atoms with Gasteiger partial charge in [-0.25, -0.2) is 0 Å². The number of rotatable bonds is 6. The molecule has 0 saturated carbocycles. The van der Waals surface area contributed by atoms with Crippen molar-refractivity contribution in [2.24, 2.45) is 7.05 Å². The average Bonchev–Trinajstić information content (AvgIpc) is 2.53. The van der Waals surface area contributed by atoms with E-state index >= 15 is 0 Å². The van der Waals surface area contributed by atoms with Crippen LogP contribution in [0.3, 0.4) is 0 Å². The van der Waals surface area contributed by atoms with Gasteiger partial charge in [-0.15, -0.1) is 11.8 Å². The molecule has 1 rings (SSSR count). The maximum absolute atomic E-state index is 4.37. The maximum Gasteiger partial charge on any atom is 0.0942 e. The average molecular weight is 241 g/mol. The van der Waals surface area contributed by atoms with Crippen LogP contribution in [0.1, 0.15) is 32.9 Å². The van der Waals surface area contributed by atoms with Gasteiger partial charge in [0.25, 0.3) is 0 Å². The minimum atomic E-state index is 0.569. The minimum absolute atomic E-state index is 0.569. The van der Waals surface area contributed by atoms with Crippen molar-refractivity contribution < 1.29 is 0 Å². The summed E-state index contributed by atoms with van der Waals surface area (Å²) < 4.78 is 1.97. The highest BCUT2D eigenvalue weighted by Crippen LogP contribution is 2.26. The van der Waals surface area contributed by atoms with Gasteiger partial charge in [0, 0.05) is 18.3 Å². The van der Waals surface area contributed by atoms with Crippen LogP contribution in [-0.4, -0.2) is 27.6 Å². The Hall–Kier alpha value is -0.480. The summed E-state index contributed by atoms with van der Waals surface area (Å²) in [5.74, 6) is 0. The van der Waals surface area contributed by atoms with Crippen molar-refractivity contribution in [1.82, 2.24) is 15.1 Å². The molecular weight excluding hydrogens is 218 g/mol. The van der Waals surface area contributed by atoms with Crippen molar-refractivity contribution in [3.63, 3.8) is 0 Å². The largest absolute Gasteiger partial charge is 0.313 e. The second-order valence-electron chi connectivity index (χ2n) is 4.14. The number of thioether (sulfide) groups is 1. The van der Waals surface area contributed by atoms with E-state index in [0.717, 1.165) is 12.2 Å². The highest BCUT2D eigenvalue weighted by Gasteiger charge is 2.17. The van der Waals surface area contributed by atoms with E-state index in [9.17, 15) is 0 Å². The molecule has 92 valence electrons. The minimum Gasteiger partial charge on any atom is -0.313 e. The summed E-state index contributed by atoms with van der Waals surface area (Å²) in [6, 6.07) is 2.73. The molecule has 0 amide bonds. The third kappa shape index (κ3) is 3.52. The molecule has 0 bridgehead atoms. The highest BCUT2D eigenvalue weighted by molar-refractivity contribution is 7.99. The Morgan fingerprint density at radius 2 is 2.19 bits per heavy atom. The van der Waals surface area contributed by atoms with Gasteiger partial charge >= 0.3 is 0 Å². The summed E-state index contributed by atoms with van der Waals surface area (Å²) in [6.45, 7) is 9.75. The van der Waals surface area contributed by atoms with Gasteiger partial charge in [0.15, 0.2) is 0 Å². The lowest BCUT2D eigenvalue weighted by molar-refractivity contribution is 0.508. The van der Waals surface area contributed by atoms with Crippen molar-refractivity contribution in [3.8, 4) is 0 Å². The van der Waals surface area contributed by atoms with Crippen molar-refractivity contribution in [2.45, 2.75) is 50.4 Å². The summed E-state index contributed by atoms with van der Waals surface area (Å²) >= 11 is 1.90. The molecular formula is C12H23N3S. The van der Waals surface area contributed by atoms with E-state index in [1.54, 1.807) is 0 Å². The molecule has 0 saturated heterocycles. The lowest BCUT2D eigenvalue weighted by Crippen LogP contribution is -2.36. The van der Waals surface area contributed by atoms with Crippen LogP contribution in [0.25, 0.3) is 0 Å². The van der Waals surface area contributed by atoms with Crippen molar-refractivity contribution >= 4 is 11.8 Å². The quantitative estimate of drug-likeness (QED) is 0.776. The molecule has 0 aliphatic rings. The van der Waals surface area contributed by atoms with Gasteiger partial charge in [-0.05, 0) is 26.0 Å². The predicted octanol–water partition coefficient (Wildman–Crippen LogP) is 2.60. The van der Waals surface area contributed by atoms with Gasteiger partial charge < -0.3 is 5.32 Å². The Bertz CT molecular complexity index is 322. The van der Waals surface area contributed by atoms with Crippen LogP contribution in [0.2, 0.25) is 0 Å². The van der Waals surface area contributed by atoms with Gasteiger partial charge in [0.05, 0.1) is 10.7 Å². The van der Waals surface area contributed by atoms with Gasteiger partial charge in [-0.2, -0.15) is 5.10 Å². The summed E-state index contributed by atoms with van der Waals surface area (Å²) in [4.78, 5) is 0. The molecule has 3 nitrogen and oxygen atoms in total. The van der Waals surface area contributed by atoms with E-state index in [1.807, 2.05) is 30.4 Å². The van der Waals surface area contributed by atoms with E-state index in [2.05, 4.69) is 37.3 Å². The summed E-state index contributed by atoms with van der Waals surface area (Å²) in [5, 5.41) is 9.72.